The van der Waals surface area contributed by atoms with E-state index in [9.17, 15) is 13.2 Å². The van der Waals surface area contributed by atoms with Crippen LogP contribution in [-0.2, 0) is 10.0 Å². The Balaban J connectivity index is 1.84. The molecule has 2 heterocycles. The summed E-state index contributed by atoms with van der Waals surface area (Å²) < 4.78 is 32.4. The number of rotatable bonds is 5. The molecule has 1 amide bonds. The van der Waals surface area contributed by atoms with Gasteiger partial charge in [-0.05, 0) is 50.8 Å². The third-order valence-corrected chi connectivity index (χ3v) is 5.97. The second-order valence-electron chi connectivity index (χ2n) is 6.51. The first-order chi connectivity index (χ1) is 12.4. The highest BCUT2D eigenvalue weighted by Crippen LogP contribution is 2.23. The summed E-state index contributed by atoms with van der Waals surface area (Å²) in [6, 6.07) is 7.82. The minimum absolute atomic E-state index is 0.0223. The third-order valence-electron chi connectivity index (χ3n) is 4.62. The van der Waals surface area contributed by atoms with E-state index in [0.29, 0.717) is 17.9 Å². The molecular formula is C18H23N3O4S. The molecule has 1 aliphatic heterocycles. The van der Waals surface area contributed by atoms with E-state index in [0.717, 1.165) is 25.7 Å². The summed E-state index contributed by atoms with van der Waals surface area (Å²) in [5.74, 6) is 0.495. The number of hydrogen-bond donors (Lipinski definition) is 1. The molecule has 7 nitrogen and oxygen atoms in total. The van der Waals surface area contributed by atoms with Gasteiger partial charge in [0.1, 0.15) is 5.76 Å². The lowest BCUT2D eigenvalue weighted by Crippen LogP contribution is -2.43. The first kappa shape index (κ1) is 18.4. The van der Waals surface area contributed by atoms with Gasteiger partial charge in [0, 0.05) is 24.2 Å². The Bertz CT molecular complexity index is 891. The molecule has 0 spiro atoms. The molecule has 1 atom stereocenters. The van der Waals surface area contributed by atoms with E-state index < -0.39 is 10.0 Å². The monoisotopic (exact) mass is 377 g/mol. The van der Waals surface area contributed by atoms with Gasteiger partial charge in [-0.1, -0.05) is 18.1 Å². The van der Waals surface area contributed by atoms with Crippen molar-refractivity contribution in [2.24, 2.45) is 0 Å². The van der Waals surface area contributed by atoms with Crippen LogP contribution in [0.2, 0.25) is 0 Å². The number of likely N-dealkylation sites (tertiary alicyclic amines) is 1. The number of aromatic nitrogens is 1. The summed E-state index contributed by atoms with van der Waals surface area (Å²) in [4.78, 5) is 14.8. The molecule has 1 N–H and O–H groups in total. The van der Waals surface area contributed by atoms with Crippen LogP contribution in [0.4, 0.5) is 5.82 Å². The van der Waals surface area contributed by atoms with Crippen LogP contribution < -0.4 is 4.72 Å². The molecule has 0 saturated carbocycles. The van der Waals surface area contributed by atoms with Gasteiger partial charge in [0.25, 0.3) is 15.9 Å². The average molecular weight is 377 g/mol. The van der Waals surface area contributed by atoms with Gasteiger partial charge >= 0.3 is 0 Å². The Morgan fingerprint density at radius 1 is 1.35 bits per heavy atom. The van der Waals surface area contributed by atoms with E-state index in [4.69, 9.17) is 4.52 Å². The fourth-order valence-electron chi connectivity index (χ4n) is 3.27. The maximum atomic E-state index is 12.9. The highest BCUT2D eigenvalue weighted by atomic mass is 32.2. The van der Waals surface area contributed by atoms with Crippen LogP contribution in [0.1, 0.15) is 48.7 Å². The van der Waals surface area contributed by atoms with Gasteiger partial charge in [-0.3, -0.25) is 9.52 Å². The second kappa shape index (κ2) is 7.49. The summed E-state index contributed by atoms with van der Waals surface area (Å²) in [7, 11) is -3.85. The van der Waals surface area contributed by atoms with Gasteiger partial charge in [0.05, 0.1) is 4.90 Å². The van der Waals surface area contributed by atoms with Crippen molar-refractivity contribution in [3.05, 3.63) is 41.7 Å². The van der Waals surface area contributed by atoms with Crippen molar-refractivity contribution in [1.82, 2.24) is 10.1 Å². The Kier molecular flexibility index (Phi) is 5.31. The summed E-state index contributed by atoms with van der Waals surface area (Å²) in [6.07, 6.45) is 4.00. The molecule has 1 aliphatic rings. The zero-order valence-electron chi connectivity index (χ0n) is 14.9. The lowest BCUT2D eigenvalue weighted by Gasteiger charge is -2.35. The lowest BCUT2D eigenvalue weighted by molar-refractivity contribution is 0.0608. The van der Waals surface area contributed by atoms with Gasteiger partial charge < -0.3 is 9.42 Å². The number of hydrogen-bond acceptors (Lipinski definition) is 5. The van der Waals surface area contributed by atoms with Crippen molar-refractivity contribution in [3.63, 3.8) is 0 Å². The van der Waals surface area contributed by atoms with Gasteiger partial charge in [-0.2, -0.15) is 0 Å². The minimum Gasteiger partial charge on any atom is -0.360 e. The number of amides is 1. The van der Waals surface area contributed by atoms with E-state index in [1.54, 1.807) is 19.1 Å². The van der Waals surface area contributed by atoms with E-state index in [2.05, 4.69) is 16.8 Å². The third kappa shape index (κ3) is 3.90. The smallest absolute Gasteiger partial charge is 0.263 e. The Morgan fingerprint density at radius 3 is 2.85 bits per heavy atom. The van der Waals surface area contributed by atoms with Crippen LogP contribution in [0.3, 0.4) is 0 Å². The largest absolute Gasteiger partial charge is 0.360 e. The molecule has 1 aromatic carbocycles. The van der Waals surface area contributed by atoms with Crippen molar-refractivity contribution in [1.29, 1.82) is 0 Å². The molecule has 0 aliphatic carbocycles. The first-order valence-electron chi connectivity index (χ1n) is 8.78. The maximum absolute atomic E-state index is 12.9. The van der Waals surface area contributed by atoms with E-state index >= 15 is 0 Å². The number of sulfonamides is 1. The van der Waals surface area contributed by atoms with Crippen molar-refractivity contribution in [2.75, 3.05) is 11.3 Å². The molecule has 0 bridgehead atoms. The van der Waals surface area contributed by atoms with E-state index in [1.165, 1.54) is 18.2 Å². The number of anilines is 1. The van der Waals surface area contributed by atoms with E-state index in [1.807, 2.05) is 4.90 Å². The molecule has 26 heavy (non-hydrogen) atoms. The standard InChI is InChI=1S/C18H23N3O4S/c1-3-15-8-4-5-10-21(15)18(22)14-7-6-9-16(12-14)26(23,24)20-17-11-13(2)25-19-17/h6-7,9,11-12,15H,3-5,8,10H2,1-2H3,(H,19,20). The fourth-order valence-corrected chi connectivity index (χ4v) is 4.29. The quantitative estimate of drug-likeness (QED) is 0.864. The number of piperidine rings is 1. The number of nitrogens with one attached hydrogen (secondary N) is 1. The number of aryl methyl sites for hydroxylation is 1. The Hall–Kier alpha value is -2.35. The molecule has 1 unspecified atom stereocenters. The summed E-state index contributed by atoms with van der Waals surface area (Å²) >= 11 is 0. The van der Waals surface area contributed by atoms with Crippen LogP contribution in [0.5, 0.6) is 0 Å². The Morgan fingerprint density at radius 2 is 2.15 bits per heavy atom. The molecule has 0 radical (unpaired) electrons. The van der Waals surface area contributed by atoms with Gasteiger partial charge in [0.2, 0.25) is 0 Å². The minimum atomic E-state index is -3.85. The van der Waals surface area contributed by atoms with Crippen LogP contribution in [0, 0.1) is 6.92 Å². The Labute approximate surface area is 153 Å². The molecule has 1 aromatic heterocycles. The number of nitrogens with zero attached hydrogens (tertiary/aromatic N) is 2. The fraction of sp³-hybridized carbons (Fsp3) is 0.444. The molecule has 3 rings (SSSR count). The number of carbonyl (C=O) groups excluding carboxylic acids is 1. The number of benzene rings is 1. The van der Waals surface area contributed by atoms with Crippen molar-refractivity contribution < 1.29 is 17.7 Å². The topological polar surface area (TPSA) is 92.5 Å². The summed E-state index contributed by atoms with van der Waals surface area (Å²) in [5, 5.41) is 3.64. The second-order valence-corrected chi connectivity index (χ2v) is 8.19. The molecule has 1 saturated heterocycles. The van der Waals surface area contributed by atoms with Gasteiger partial charge in [-0.15, -0.1) is 0 Å². The van der Waals surface area contributed by atoms with Gasteiger partial charge in [0.15, 0.2) is 5.82 Å². The van der Waals surface area contributed by atoms with Crippen molar-refractivity contribution in [3.8, 4) is 0 Å². The van der Waals surface area contributed by atoms with Crippen LogP contribution in [-0.4, -0.2) is 37.0 Å². The zero-order chi connectivity index (χ0) is 18.7. The van der Waals surface area contributed by atoms with E-state index in [-0.39, 0.29) is 22.7 Å². The van der Waals surface area contributed by atoms with Gasteiger partial charge in [-0.25, -0.2) is 8.42 Å². The highest BCUT2D eigenvalue weighted by molar-refractivity contribution is 7.92. The molecular weight excluding hydrogens is 354 g/mol. The molecule has 8 heteroatoms. The van der Waals surface area contributed by atoms with Crippen LogP contribution in [0.15, 0.2) is 39.8 Å². The van der Waals surface area contributed by atoms with Crippen molar-refractivity contribution in [2.45, 2.75) is 50.5 Å². The first-order valence-corrected chi connectivity index (χ1v) is 10.3. The maximum Gasteiger partial charge on any atom is 0.263 e. The summed E-state index contributed by atoms with van der Waals surface area (Å²) in [5.41, 5.74) is 0.379. The molecule has 1 fully saturated rings. The summed E-state index contributed by atoms with van der Waals surface area (Å²) in [6.45, 7) is 4.46. The molecule has 140 valence electrons. The van der Waals surface area contributed by atoms with Crippen molar-refractivity contribution >= 4 is 21.7 Å². The van der Waals surface area contributed by atoms with Crippen LogP contribution >= 0.6 is 0 Å². The van der Waals surface area contributed by atoms with Crippen LogP contribution in [0.25, 0.3) is 0 Å². The average Bonchev–Trinajstić information content (AvgIpc) is 3.05. The normalized spacial score (nSPS) is 17.9. The number of carbonyl (C=O) groups is 1. The predicted octanol–water partition coefficient (Wildman–Crippen LogP) is 3.19. The SMILES string of the molecule is CCC1CCCCN1C(=O)c1cccc(S(=O)(=O)Nc2cc(C)on2)c1. The molecule has 2 aromatic rings. The zero-order valence-corrected chi connectivity index (χ0v) is 15.8. The highest BCUT2D eigenvalue weighted by Gasteiger charge is 2.27. The lowest BCUT2D eigenvalue weighted by atomic mass is 9.99. The predicted molar refractivity (Wildman–Crippen MR) is 97.5 cm³/mol.